The van der Waals surface area contributed by atoms with Crippen LogP contribution in [0.25, 0.3) is 0 Å². The molecule has 25 heavy (non-hydrogen) atoms. The molecule has 2 heterocycles. The lowest BCUT2D eigenvalue weighted by Crippen LogP contribution is -2.40. The van der Waals surface area contributed by atoms with E-state index in [1.165, 1.54) is 89.9 Å². The summed E-state index contributed by atoms with van der Waals surface area (Å²) in [7, 11) is 0. The molecule has 2 bridgehead atoms. The van der Waals surface area contributed by atoms with Crippen molar-refractivity contribution in [3.63, 3.8) is 0 Å². The number of hydrogen-bond donors (Lipinski definition) is 1. The van der Waals surface area contributed by atoms with E-state index >= 15 is 0 Å². The van der Waals surface area contributed by atoms with Gasteiger partial charge in [-0.15, -0.1) is 0 Å². The van der Waals surface area contributed by atoms with Crippen molar-refractivity contribution < 1.29 is 4.79 Å². The first-order valence-corrected chi connectivity index (χ1v) is 11.6. The second kappa shape index (κ2) is 12.9. The molecule has 2 atom stereocenters. The van der Waals surface area contributed by atoms with Gasteiger partial charge in [0.15, 0.2) is 0 Å². The molecule has 146 valence electrons. The lowest BCUT2D eigenvalue weighted by molar-refractivity contribution is -0.124. The van der Waals surface area contributed by atoms with Crippen molar-refractivity contribution in [2.24, 2.45) is 5.92 Å². The minimum absolute atomic E-state index is 0.385. The summed E-state index contributed by atoms with van der Waals surface area (Å²) in [6, 6.07) is 1.30. The lowest BCUT2D eigenvalue weighted by Gasteiger charge is -2.28. The lowest BCUT2D eigenvalue weighted by atomic mass is 9.87. The first kappa shape index (κ1) is 20.9. The van der Waals surface area contributed by atoms with Gasteiger partial charge in [0.05, 0.1) is 0 Å². The monoisotopic (exact) mass is 349 g/mol. The van der Waals surface area contributed by atoms with Crippen LogP contribution in [0.5, 0.6) is 0 Å². The van der Waals surface area contributed by atoms with Crippen molar-refractivity contribution in [2.75, 3.05) is 0 Å². The predicted octanol–water partition coefficient (Wildman–Crippen LogP) is 6.57. The number of ketones is 1. The molecule has 2 aliphatic rings. The zero-order valence-electron chi connectivity index (χ0n) is 16.9. The van der Waals surface area contributed by atoms with E-state index in [1.807, 2.05) is 0 Å². The van der Waals surface area contributed by atoms with E-state index in [1.54, 1.807) is 0 Å². The summed E-state index contributed by atoms with van der Waals surface area (Å²) in [4.78, 5) is 12.4. The Labute approximate surface area is 156 Å². The van der Waals surface area contributed by atoms with Gasteiger partial charge in [-0.05, 0) is 32.1 Å². The molecule has 2 unspecified atom stereocenters. The van der Waals surface area contributed by atoms with E-state index in [4.69, 9.17) is 0 Å². The van der Waals surface area contributed by atoms with E-state index in [0.717, 1.165) is 25.7 Å². The Hall–Kier alpha value is -0.370. The van der Waals surface area contributed by atoms with Crippen LogP contribution in [-0.4, -0.2) is 17.9 Å². The fourth-order valence-electron chi connectivity index (χ4n) is 4.84. The molecule has 2 rings (SSSR count). The highest BCUT2D eigenvalue weighted by Gasteiger charge is 2.35. The molecule has 0 radical (unpaired) electrons. The number of nitrogens with one attached hydrogen (secondary N) is 1. The molecule has 0 amide bonds. The quantitative estimate of drug-likeness (QED) is 0.339. The van der Waals surface area contributed by atoms with E-state index in [2.05, 4.69) is 12.2 Å². The topological polar surface area (TPSA) is 29.1 Å². The molecule has 2 aliphatic heterocycles. The number of rotatable bonds is 15. The fourth-order valence-corrected chi connectivity index (χ4v) is 4.84. The summed E-state index contributed by atoms with van der Waals surface area (Å²) < 4.78 is 0. The largest absolute Gasteiger partial charge is 0.311 e. The summed E-state index contributed by atoms with van der Waals surface area (Å²) in [5.41, 5.74) is 0. The molecule has 0 aromatic rings. The maximum absolute atomic E-state index is 12.4. The Bertz CT molecular complexity index is 342. The highest BCUT2D eigenvalue weighted by Crippen LogP contribution is 2.32. The number of hydrogen-bond acceptors (Lipinski definition) is 2. The van der Waals surface area contributed by atoms with Crippen molar-refractivity contribution in [3.8, 4) is 0 Å². The second-order valence-electron chi connectivity index (χ2n) is 8.77. The van der Waals surface area contributed by atoms with Gasteiger partial charge >= 0.3 is 0 Å². The Kier molecular flexibility index (Phi) is 10.8. The van der Waals surface area contributed by atoms with E-state index < -0.39 is 0 Å². The van der Waals surface area contributed by atoms with Crippen LogP contribution in [0.3, 0.4) is 0 Å². The summed E-state index contributed by atoms with van der Waals surface area (Å²) >= 11 is 0. The third kappa shape index (κ3) is 8.71. The van der Waals surface area contributed by atoms with Gasteiger partial charge in [0.2, 0.25) is 0 Å². The third-order valence-electron chi connectivity index (χ3n) is 6.46. The maximum Gasteiger partial charge on any atom is 0.136 e. The molecule has 2 fully saturated rings. The minimum Gasteiger partial charge on any atom is -0.311 e. The summed E-state index contributed by atoms with van der Waals surface area (Å²) in [5, 5.41) is 3.64. The Morgan fingerprint density at radius 1 is 0.720 bits per heavy atom. The third-order valence-corrected chi connectivity index (χ3v) is 6.46. The van der Waals surface area contributed by atoms with Gasteiger partial charge in [0, 0.05) is 24.4 Å². The Balaban J connectivity index is 1.33. The van der Waals surface area contributed by atoms with Gasteiger partial charge in [-0.3, -0.25) is 4.79 Å². The molecule has 0 saturated carbocycles. The number of carbonyl (C=O) groups is 1. The SMILES string of the molecule is CCCCCCCCCCCCCCCC(=O)C1CC2CCC(C1)N2. The standard InChI is InChI=1S/C23H43NO/c1-2-3-4-5-6-7-8-9-10-11-12-13-14-15-23(25)20-18-21-16-17-22(19-20)24-21/h20-22,24H,2-19H2,1H3. The normalized spacial score (nSPS) is 25.4. The van der Waals surface area contributed by atoms with Crippen molar-refractivity contribution in [1.29, 1.82) is 0 Å². The van der Waals surface area contributed by atoms with E-state index in [0.29, 0.717) is 23.8 Å². The highest BCUT2D eigenvalue weighted by molar-refractivity contribution is 5.81. The van der Waals surface area contributed by atoms with Crippen LogP contribution in [0, 0.1) is 5.92 Å². The van der Waals surface area contributed by atoms with Crippen molar-refractivity contribution in [1.82, 2.24) is 5.32 Å². The van der Waals surface area contributed by atoms with Crippen molar-refractivity contribution in [2.45, 2.75) is 135 Å². The average molecular weight is 350 g/mol. The predicted molar refractivity (Wildman–Crippen MR) is 108 cm³/mol. The van der Waals surface area contributed by atoms with Gasteiger partial charge in [0.25, 0.3) is 0 Å². The molecule has 2 heteroatoms. The van der Waals surface area contributed by atoms with Gasteiger partial charge < -0.3 is 5.32 Å². The first-order valence-electron chi connectivity index (χ1n) is 11.6. The minimum atomic E-state index is 0.385. The summed E-state index contributed by atoms with van der Waals surface area (Å²) in [5.74, 6) is 0.956. The van der Waals surface area contributed by atoms with Crippen LogP contribution < -0.4 is 5.32 Å². The molecule has 0 aromatic carbocycles. The van der Waals surface area contributed by atoms with Crippen LogP contribution in [-0.2, 0) is 4.79 Å². The van der Waals surface area contributed by atoms with Crippen molar-refractivity contribution >= 4 is 5.78 Å². The van der Waals surface area contributed by atoms with Crippen LogP contribution in [0.4, 0.5) is 0 Å². The highest BCUT2D eigenvalue weighted by atomic mass is 16.1. The molecule has 0 aliphatic carbocycles. The van der Waals surface area contributed by atoms with Crippen LogP contribution in [0.1, 0.15) is 122 Å². The number of Topliss-reactive ketones (excluding diaryl/α,β-unsaturated/α-hetero) is 1. The summed E-state index contributed by atoms with van der Waals surface area (Å²) in [6.07, 6.45) is 23.6. The number of unbranched alkanes of at least 4 members (excludes halogenated alkanes) is 12. The van der Waals surface area contributed by atoms with Crippen molar-refractivity contribution in [3.05, 3.63) is 0 Å². The average Bonchev–Trinajstić information content (AvgIpc) is 2.96. The smallest absolute Gasteiger partial charge is 0.136 e. The summed E-state index contributed by atoms with van der Waals surface area (Å²) in [6.45, 7) is 2.28. The molecular formula is C23H43NO. The van der Waals surface area contributed by atoms with E-state index in [9.17, 15) is 4.79 Å². The molecular weight excluding hydrogens is 306 g/mol. The maximum atomic E-state index is 12.4. The van der Waals surface area contributed by atoms with Gasteiger partial charge in [0.1, 0.15) is 5.78 Å². The van der Waals surface area contributed by atoms with E-state index in [-0.39, 0.29) is 0 Å². The van der Waals surface area contributed by atoms with Gasteiger partial charge in [-0.25, -0.2) is 0 Å². The zero-order valence-corrected chi connectivity index (χ0v) is 16.9. The molecule has 1 N–H and O–H groups in total. The fraction of sp³-hybridized carbons (Fsp3) is 0.957. The van der Waals surface area contributed by atoms with Gasteiger partial charge in [-0.2, -0.15) is 0 Å². The second-order valence-corrected chi connectivity index (χ2v) is 8.77. The number of piperidine rings is 1. The number of fused-ring (bicyclic) bond motifs is 2. The van der Waals surface area contributed by atoms with Crippen LogP contribution in [0.2, 0.25) is 0 Å². The molecule has 0 spiro atoms. The number of carbonyl (C=O) groups excluding carboxylic acids is 1. The molecule has 2 saturated heterocycles. The Morgan fingerprint density at radius 2 is 1.16 bits per heavy atom. The Morgan fingerprint density at radius 3 is 1.64 bits per heavy atom. The molecule has 0 aromatic heterocycles. The zero-order chi connectivity index (χ0) is 17.7. The van der Waals surface area contributed by atoms with Crippen LogP contribution in [0.15, 0.2) is 0 Å². The van der Waals surface area contributed by atoms with Crippen LogP contribution >= 0.6 is 0 Å². The molecule has 2 nitrogen and oxygen atoms in total. The first-order chi connectivity index (χ1) is 12.3. The van der Waals surface area contributed by atoms with Gasteiger partial charge in [-0.1, -0.05) is 84.0 Å².